The van der Waals surface area contributed by atoms with Gasteiger partial charge in [-0.15, -0.1) is 0 Å². The van der Waals surface area contributed by atoms with Crippen LogP contribution in [0.3, 0.4) is 0 Å². The van der Waals surface area contributed by atoms with E-state index in [2.05, 4.69) is 0 Å². The SMILES string of the molecule is CO[C@H](C(=O)[C@@H](O)[C@@H](C)O)C1Cc2cc3cc(O[C@H]4CC[C@H](O)C(C)O4)c(C)c(O)c3c(O)c2C(=O)[C@H]1OCOC(C)[C@@H](O)COCOC(C)[C@H](O)COCOC(C)[C@@H](O)C(C)O. The molecular formula is C43H66O20. The van der Waals surface area contributed by atoms with E-state index in [4.69, 9.17) is 42.6 Å². The highest BCUT2D eigenvalue weighted by molar-refractivity contribution is 6.11. The van der Waals surface area contributed by atoms with Crippen LogP contribution in [-0.2, 0) is 49.1 Å². The lowest BCUT2D eigenvalue weighted by Crippen LogP contribution is -2.52. The minimum atomic E-state index is -1.87. The molecule has 20 nitrogen and oxygen atoms in total. The molecule has 2 aromatic rings. The molecule has 1 heterocycles. The van der Waals surface area contributed by atoms with E-state index in [9.17, 15) is 55.5 Å². The molecule has 1 saturated heterocycles. The van der Waals surface area contributed by atoms with Crippen molar-refractivity contribution in [2.24, 2.45) is 5.92 Å². The molecule has 0 saturated carbocycles. The smallest absolute Gasteiger partial charge is 0.200 e. The molecule has 0 aromatic heterocycles. The van der Waals surface area contributed by atoms with Gasteiger partial charge in [-0.1, -0.05) is 0 Å². The normalized spacial score (nSPS) is 25.3. The van der Waals surface area contributed by atoms with Gasteiger partial charge >= 0.3 is 0 Å². The lowest BCUT2D eigenvalue weighted by molar-refractivity contribution is -0.180. The molecule has 1 aliphatic carbocycles. The lowest BCUT2D eigenvalue weighted by atomic mass is 9.75. The second kappa shape index (κ2) is 23.9. The number of ketones is 2. The maximum atomic E-state index is 14.4. The second-order valence-corrected chi connectivity index (χ2v) is 16.4. The van der Waals surface area contributed by atoms with E-state index in [0.29, 0.717) is 18.2 Å². The number of benzene rings is 2. The molecule has 20 heteroatoms. The number of carbonyl (C=O) groups excluding carboxylic acids is 2. The summed E-state index contributed by atoms with van der Waals surface area (Å²) in [6.07, 6.45) is -14.3. The average molecular weight is 903 g/mol. The van der Waals surface area contributed by atoms with Crippen molar-refractivity contribution in [2.75, 3.05) is 40.7 Å². The van der Waals surface area contributed by atoms with Gasteiger partial charge in [-0.25, -0.2) is 0 Å². The number of aliphatic hydroxyl groups excluding tert-OH is 7. The van der Waals surface area contributed by atoms with Crippen LogP contribution in [0.2, 0.25) is 0 Å². The third kappa shape index (κ3) is 13.2. The van der Waals surface area contributed by atoms with Crippen molar-refractivity contribution >= 4 is 22.3 Å². The third-order valence-corrected chi connectivity index (χ3v) is 11.6. The van der Waals surface area contributed by atoms with Crippen LogP contribution < -0.4 is 4.74 Å². The zero-order valence-electron chi connectivity index (χ0n) is 37.0. The number of Topliss-reactive ketones (excluding diaryl/α,β-unsaturated/α-hetero) is 2. The van der Waals surface area contributed by atoms with Crippen molar-refractivity contribution in [1.29, 1.82) is 0 Å². The monoisotopic (exact) mass is 902 g/mol. The molecule has 4 rings (SSSR count). The van der Waals surface area contributed by atoms with Crippen molar-refractivity contribution in [3.8, 4) is 17.2 Å². The highest BCUT2D eigenvalue weighted by atomic mass is 16.7. The van der Waals surface area contributed by atoms with E-state index in [-0.39, 0.29) is 66.8 Å². The van der Waals surface area contributed by atoms with E-state index in [0.717, 1.165) is 0 Å². The number of aliphatic hydroxyl groups is 7. The summed E-state index contributed by atoms with van der Waals surface area (Å²) in [6, 6.07) is 3.14. The molecule has 63 heavy (non-hydrogen) atoms. The first-order valence-corrected chi connectivity index (χ1v) is 21.0. The minimum absolute atomic E-state index is 0.0404. The number of hydrogen-bond donors (Lipinski definition) is 9. The van der Waals surface area contributed by atoms with Crippen molar-refractivity contribution in [1.82, 2.24) is 0 Å². The zero-order chi connectivity index (χ0) is 46.9. The number of rotatable bonds is 25. The molecule has 2 aliphatic rings. The summed E-state index contributed by atoms with van der Waals surface area (Å²) in [5, 5.41) is 94.2. The first kappa shape index (κ1) is 52.5. The van der Waals surface area contributed by atoms with E-state index in [1.54, 1.807) is 39.8 Å². The summed E-state index contributed by atoms with van der Waals surface area (Å²) in [5.74, 6) is -3.51. The van der Waals surface area contributed by atoms with Gasteiger partial charge in [0.2, 0.25) is 0 Å². The highest BCUT2D eigenvalue weighted by Crippen LogP contribution is 2.46. The number of carbonyl (C=O) groups is 2. The van der Waals surface area contributed by atoms with Crippen LogP contribution in [0.5, 0.6) is 17.2 Å². The predicted octanol–water partition coefficient (Wildman–Crippen LogP) is 0.475. The van der Waals surface area contributed by atoms with Crippen LogP contribution in [0.1, 0.15) is 75.9 Å². The predicted molar refractivity (Wildman–Crippen MR) is 220 cm³/mol. The molecule has 1 aliphatic heterocycles. The highest BCUT2D eigenvalue weighted by Gasteiger charge is 2.47. The summed E-state index contributed by atoms with van der Waals surface area (Å²) in [6.45, 7) is 8.95. The number of fused-ring (bicyclic) bond motifs is 2. The van der Waals surface area contributed by atoms with Crippen molar-refractivity contribution in [2.45, 2.75) is 153 Å². The molecule has 9 N–H and O–H groups in total. The quantitative estimate of drug-likeness (QED) is 0.0483. The van der Waals surface area contributed by atoms with Crippen LogP contribution in [0, 0.1) is 12.8 Å². The Balaban J connectivity index is 1.42. The number of hydrogen-bond acceptors (Lipinski definition) is 20. The number of ether oxygens (including phenoxy) is 9. The summed E-state index contributed by atoms with van der Waals surface area (Å²) in [4.78, 5) is 27.8. The minimum Gasteiger partial charge on any atom is -0.507 e. The molecule has 1 fully saturated rings. The molecular weight excluding hydrogens is 836 g/mol. The fourth-order valence-electron chi connectivity index (χ4n) is 7.31. The van der Waals surface area contributed by atoms with Crippen molar-refractivity contribution < 1.29 is 98.2 Å². The summed E-state index contributed by atoms with van der Waals surface area (Å²) >= 11 is 0. The second-order valence-electron chi connectivity index (χ2n) is 16.4. The van der Waals surface area contributed by atoms with Gasteiger partial charge in [0.05, 0.1) is 66.9 Å². The molecule has 2 aromatic carbocycles. The number of methoxy groups -OCH3 is 1. The van der Waals surface area contributed by atoms with Gasteiger partial charge in [-0.05, 0) is 84.4 Å². The summed E-state index contributed by atoms with van der Waals surface area (Å²) < 4.78 is 50.4. The Hall–Kier alpha value is -3.16. The lowest BCUT2D eigenvalue weighted by Gasteiger charge is -2.37. The van der Waals surface area contributed by atoms with Crippen LogP contribution in [-0.4, -0.2) is 184 Å². The Morgan fingerprint density at radius 3 is 1.97 bits per heavy atom. The maximum Gasteiger partial charge on any atom is 0.200 e. The molecule has 358 valence electrons. The van der Waals surface area contributed by atoms with Gasteiger partial charge in [0.25, 0.3) is 0 Å². The Morgan fingerprint density at radius 2 is 1.41 bits per heavy atom. The van der Waals surface area contributed by atoms with Gasteiger partial charge < -0.3 is 88.6 Å². The van der Waals surface area contributed by atoms with Gasteiger partial charge in [0, 0.05) is 25.0 Å². The topological polar surface area (TPSA) is 299 Å². The van der Waals surface area contributed by atoms with Gasteiger partial charge in [-0.3, -0.25) is 9.59 Å². The largest absolute Gasteiger partial charge is 0.507 e. The molecule has 0 bridgehead atoms. The van der Waals surface area contributed by atoms with Crippen molar-refractivity contribution in [3.63, 3.8) is 0 Å². The van der Waals surface area contributed by atoms with Crippen LogP contribution >= 0.6 is 0 Å². The Kier molecular flexibility index (Phi) is 19.9. The number of phenolic OH excluding ortho intramolecular Hbond substituents is 2. The zero-order valence-corrected chi connectivity index (χ0v) is 37.0. The molecule has 15 atom stereocenters. The number of aromatic hydroxyl groups is 2. The Morgan fingerprint density at radius 1 is 0.825 bits per heavy atom. The Bertz CT molecular complexity index is 1790. The molecule has 0 amide bonds. The maximum absolute atomic E-state index is 14.4. The average Bonchev–Trinajstić information content (AvgIpc) is 3.23. The summed E-state index contributed by atoms with van der Waals surface area (Å²) in [7, 11) is 1.20. The van der Waals surface area contributed by atoms with Gasteiger partial charge in [-0.2, -0.15) is 0 Å². The van der Waals surface area contributed by atoms with E-state index in [1.807, 2.05) is 0 Å². The van der Waals surface area contributed by atoms with Crippen LogP contribution in [0.4, 0.5) is 0 Å². The van der Waals surface area contributed by atoms with E-state index >= 15 is 0 Å². The fourth-order valence-corrected chi connectivity index (χ4v) is 7.31. The van der Waals surface area contributed by atoms with E-state index in [1.165, 1.54) is 27.9 Å². The van der Waals surface area contributed by atoms with E-state index < -0.39 is 116 Å². The first-order valence-electron chi connectivity index (χ1n) is 21.0. The fraction of sp³-hybridized carbons (Fsp3) is 0.721. The van der Waals surface area contributed by atoms with Crippen LogP contribution in [0.25, 0.3) is 10.8 Å². The first-order chi connectivity index (χ1) is 29.7. The van der Waals surface area contributed by atoms with Gasteiger partial charge in [0.1, 0.15) is 74.3 Å². The van der Waals surface area contributed by atoms with Gasteiger partial charge in [0.15, 0.2) is 17.9 Å². The van der Waals surface area contributed by atoms with Crippen LogP contribution in [0.15, 0.2) is 12.1 Å². The molecule has 0 radical (unpaired) electrons. The molecule has 0 spiro atoms. The van der Waals surface area contributed by atoms with Crippen molar-refractivity contribution in [3.05, 3.63) is 28.8 Å². The third-order valence-electron chi connectivity index (χ3n) is 11.6. The number of phenols is 2. The molecule has 6 unspecified atom stereocenters. The Labute approximate surface area is 366 Å². The standard InChI is InChI=1S/C43H66O20/c1-19-32(63-33-10-9-29(46)24(6)62-33)13-27-11-26-12-28(42(55-8)41(54)38(51)21(3)45)43(40(53)35(26)39(52)34(27)36(19)49)61-18-60-23(5)31(48)15-56-16-58-22(4)30(47)14-57-17-59-25(7)37(50)20(2)44/h11,13,20-25,28-31,33,37-38,42-52H,9-10,12,14-18H2,1-8H3/t20?,21-,22?,23?,24?,25?,28?,29+,30-,31+,33+,37+,38+,42+,43+/m1/s1. The summed E-state index contributed by atoms with van der Waals surface area (Å²) in [5.41, 5.74) is 0.332.